The largest absolute Gasteiger partial charge is 0.534 e. The average molecular weight is 448 g/mol. The van der Waals surface area contributed by atoms with Crippen LogP contribution in [0.3, 0.4) is 0 Å². The summed E-state index contributed by atoms with van der Waals surface area (Å²) in [4.78, 5) is 12.6. The van der Waals surface area contributed by atoms with E-state index in [9.17, 15) is 26.4 Å². The van der Waals surface area contributed by atoms with Crippen molar-refractivity contribution in [3.8, 4) is 0 Å². The van der Waals surface area contributed by atoms with Crippen LogP contribution in [0.15, 0.2) is 91.0 Å². The van der Waals surface area contributed by atoms with Crippen molar-refractivity contribution in [3.05, 3.63) is 108 Å². The molecule has 0 aromatic heterocycles. The van der Waals surface area contributed by atoms with Gasteiger partial charge in [0.25, 0.3) is 0 Å². The predicted molar refractivity (Wildman–Crippen MR) is 108 cm³/mol. The van der Waals surface area contributed by atoms with Crippen LogP contribution in [-0.2, 0) is 19.0 Å². The minimum Gasteiger partial charge on any atom is -0.418 e. The summed E-state index contributed by atoms with van der Waals surface area (Å²) < 4.78 is 72.7. The van der Waals surface area contributed by atoms with Crippen LogP contribution in [0.1, 0.15) is 21.5 Å². The zero-order valence-corrected chi connectivity index (χ0v) is 16.6. The maximum atomic E-state index is 13.1. The van der Waals surface area contributed by atoms with Gasteiger partial charge < -0.3 is 8.92 Å². The summed E-state index contributed by atoms with van der Waals surface area (Å²) in [5, 5.41) is 0. The van der Waals surface area contributed by atoms with Crippen LogP contribution in [0, 0.1) is 0 Å². The van der Waals surface area contributed by atoms with Gasteiger partial charge in [0, 0.05) is 11.1 Å². The first-order valence-corrected chi connectivity index (χ1v) is 10.2. The van der Waals surface area contributed by atoms with Crippen LogP contribution >= 0.6 is 0 Å². The number of hydrogen-bond acceptors (Lipinski definition) is 5. The molecule has 3 aromatic carbocycles. The van der Waals surface area contributed by atoms with E-state index in [1.165, 1.54) is 48.5 Å². The summed E-state index contributed by atoms with van der Waals surface area (Å²) in [6.45, 7) is 0. The number of ether oxygens (including phenoxy) is 1. The van der Waals surface area contributed by atoms with Crippen molar-refractivity contribution in [1.82, 2.24) is 0 Å². The number of halogens is 3. The topological polar surface area (TPSA) is 69.7 Å². The number of rotatable bonds is 6. The molecule has 3 rings (SSSR count). The summed E-state index contributed by atoms with van der Waals surface area (Å²) >= 11 is 0. The smallest absolute Gasteiger partial charge is 0.418 e. The fourth-order valence-electron chi connectivity index (χ4n) is 2.52. The van der Waals surface area contributed by atoms with Gasteiger partial charge in [0.2, 0.25) is 0 Å². The van der Waals surface area contributed by atoms with Gasteiger partial charge in [-0.05, 0) is 12.1 Å². The Labute approximate surface area is 176 Å². The lowest BCUT2D eigenvalue weighted by Crippen LogP contribution is -2.25. The molecule has 0 amide bonds. The van der Waals surface area contributed by atoms with E-state index in [1.54, 1.807) is 42.5 Å². The van der Waals surface area contributed by atoms with Gasteiger partial charge in [0.05, 0.1) is 5.56 Å². The highest BCUT2D eigenvalue weighted by atomic mass is 32.2. The van der Waals surface area contributed by atoms with E-state index in [-0.39, 0.29) is 16.7 Å². The molecule has 0 bridgehead atoms. The molecule has 0 fully saturated rings. The monoisotopic (exact) mass is 448 g/mol. The molecule has 0 N–H and O–H groups in total. The highest BCUT2D eigenvalue weighted by molar-refractivity contribution is 7.87. The third kappa shape index (κ3) is 5.32. The SMILES string of the molecule is O=C(O/C(=C(\OS(=O)(=O)C(F)(F)F)c1ccccc1)c1ccccc1)c1ccccc1. The minimum atomic E-state index is -6.05. The van der Waals surface area contributed by atoms with Gasteiger partial charge in [0.1, 0.15) is 0 Å². The minimum absolute atomic E-state index is 0.0324. The highest BCUT2D eigenvalue weighted by Gasteiger charge is 2.49. The summed E-state index contributed by atoms with van der Waals surface area (Å²) in [6, 6.07) is 22.5. The normalized spacial score (nSPS) is 12.6. The molecule has 9 heteroatoms. The zero-order chi connectivity index (χ0) is 22.5. The van der Waals surface area contributed by atoms with E-state index in [4.69, 9.17) is 4.74 Å². The Morgan fingerprint density at radius 2 is 1.03 bits per heavy atom. The summed E-state index contributed by atoms with van der Waals surface area (Å²) in [6.07, 6.45) is 0. The Balaban J connectivity index is 2.21. The van der Waals surface area contributed by atoms with Crippen molar-refractivity contribution in [2.75, 3.05) is 0 Å². The second-order valence-corrected chi connectivity index (χ2v) is 7.67. The van der Waals surface area contributed by atoms with Crippen molar-refractivity contribution >= 4 is 27.6 Å². The second-order valence-electron chi connectivity index (χ2n) is 6.13. The lowest BCUT2D eigenvalue weighted by Gasteiger charge is -2.17. The van der Waals surface area contributed by atoms with E-state index in [0.717, 1.165) is 0 Å². The van der Waals surface area contributed by atoms with Crippen LogP contribution in [0.4, 0.5) is 13.2 Å². The molecule has 0 aliphatic rings. The number of hydrogen-bond donors (Lipinski definition) is 0. The van der Waals surface area contributed by atoms with Crippen LogP contribution in [0.2, 0.25) is 0 Å². The maximum absolute atomic E-state index is 13.1. The second kappa shape index (κ2) is 9.05. The van der Waals surface area contributed by atoms with Crippen molar-refractivity contribution < 1.29 is 35.3 Å². The average Bonchev–Trinajstić information content (AvgIpc) is 2.77. The van der Waals surface area contributed by atoms with Crippen LogP contribution in [0.5, 0.6) is 0 Å². The molecule has 0 saturated carbocycles. The standard InChI is InChI=1S/C22H15F3O5S/c23-22(24,25)31(27,28)30-20(17-12-6-2-7-13-17)19(16-10-4-1-5-11-16)29-21(26)18-14-8-3-9-15-18/h1-15H/b20-19-. The molecular formula is C22H15F3O5S. The third-order valence-electron chi connectivity index (χ3n) is 3.96. The molecule has 0 saturated heterocycles. The fourth-order valence-corrected chi connectivity index (χ4v) is 3.00. The summed E-state index contributed by atoms with van der Waals surface area (Å²) in [5.74, 6) is -2.15. The molecule has 160 valence electrons. The Bertz CT molecular complexity index is 1170. The first-order valence-electron chi connectivity index (χ1n) is 8.82. The number of benzene rings is 3. The van der Waals surface area contributed by atoms with Crippen LogP contribution in [0.25, 0.3) is 11.5 Å². The van der Waals surface area contributed by atoms with E-state index in [2.05, 4.69) is 4.18 Å². The van der Waals surface area contributed by atoms with E-state index < -0.39 is 33.1 Å². The Kier molecular flexibility index (Phi) is 6.45. The molecule has 0 aliphatic heterocycles. The molecule has 3 aromatic rings. The van der Waals surface area contributed by atoms with E-state index >= 15 is 0 Å². The first-order chi connectivity index (χ1) is 14.7. The molecule has 0 radical (unpaired) electrons. The molecule has 0 spiro atoms. The molecule has 0 aliphatic carbocycles. The van der Waals surface area contributed by atoms with Gasteiger partial charge in [-0.1, -0.05) is 78.9 Å². The lowest BCUT2D eigenvalue weighted by atomic mass is 10.1. The Morgan fingerprint density at radius 1 is 0.645 bits per heavy atom. The first kappa shape index (κ1) is 22.1. The number of alkyl halides is 3. The summed E-state index contributed by atoms with van der Waals surface area (Å²) in [7, 11) is -6.05. The van der Waals surface area contributed by atoms with Crippen molar-refractivity contribution in [1.29, 1.82) is 0 Å². The lowest BCUT2D eigenvalue weighted by molar-refractivity contribution is -0.0509. The van der Waals surface area contributed by atoms with Crippen LogP contribution < -0.4 is 0 Å². The van der Waals surface area contributed by atoms with E-state index in [0.29, 0.717) is 0 Å². The number of carbonyl (C=O) groups is 1. The number of esters is 1. The molecule has 0 heterocycles. The molecule has 0 unspecified atom stereocenters. The van der Waals surface area contributed by atoms with Crippen LogP contribution in [-0.4, -0.2) is 19.9 Å². The number of carbonyl (C=O) groups excluding carboxylic acids is 1. The van der Waals surface area contributed by atoms with Gasteiger partial charge in [-0.15, -0.1) is 0 Å². The van der Waals surface area contributed by atoms with Crippen molar-refractivity contribution in [2.24, 2.45) is 0 Å². The highest BCUT2D eigenvalue weighted by Crippen LogP contribution is 2.35. The fraction of sp³-hybridized carbons (Fsp3) is 0.0455. The van der Waals surface area contributed by atoms with Crippen molar-refractivity contribution in [2.45, 2.75) is 5.51 Å². The van der Waals surface area contributed by atoms with E-state index in [1.807, 2.05) is 0 Å². The molecule has 0 atom stereocenters. The third-order valence-corrected chi connectivity index (χ3v) is 4.91. The van der Waals surface area contributed by atoms with Gasteiger partial charge in [-0.2, -0.15) is 21.6 Å². The van der Waals surface area contributed by atoms with Gasteiger partial charge in [-0.25, -0.2) is 4.79 Å². The van der Waals surface area contributed by atoms with Gasteiger partial charge in [-0.3, -0.25) is 0 Å². The maximum Gasteiger partial charge on any atom is 0.534 e. The Morgan fingerprint density at radius 3 is 1.45 bits per heavy atom. The van der Waals surface area contributed by atoms with Gasteiger partial charge in [0.15, 0.2) is 11.5 Å². The molecule has 5 nitrogen and oxygen atoms in total. The zero-order valence-electron chi connectivity index (χ0n) is 15.7. The quantitative estimate of drug-likeness (QED) is 0.170. The molecular weight excluding hydrogens is 433 g/mol. The van der Waals surface area contributed by atoms with Crippen molar-refractivity contribution in [3.63, 3.8) is 0 Å². The predicted octanol–water partition coefficient (Wildman–Crippen LogP) is 5.24. The molecule has 31 heavy (non-hydrogen) atoms. The summed E-state index contributed by atoms with van der Waals surface area (Å²) in [5.41, 5.74) is -5.46. The Hall–Kier alpha value is -3.59. The van der Waals surface area contributed by atoms with Gasteiger partial charge >= 0.3 is 21.6 Å².